The number of carbonyl (C=O) groups is 1. The minimum absolute atomic E-state index is 0.362. The van der Waals surface area contributed by atoms with Crippen molar-refractivity contribution in [3.8, 4) is 0 Å². The molecular formula is C14H20O3. The number of aryl methyl sites for hydroxylation is 1. The van der Waals surface area contributed by atoms with Gasteiger partial charge in [-0.05, 0) is 37.5 Å². The largest absolute Gasteiger partial charge is 0.373 e. The van der Waals surface area contributed by atoms with Gasteiger partial charge in [0.05, 0.1) is 12.2 Å². The maximum atomic E-state index is 11.4. The maximum Gasteiger partial charge on any atom is 0.373 e. The van der Waals surface area contributed by atoms with E-state index in [9.17, 15) is 4.79 Å². The highest BCUT2D eigenvalue weighted by molar-refractivity contribution is 5.88. The normalized spacial score (nSPS) is 10.2. The third-order valence-corrected chi connectivity index (χ3v) is 2.51. The maximum absolute atomic E-state index is 11.4. The van der Waals surface area contributed by atoms with Crippen LogP contribution in [0.4, 0.5) is 0 Å². The highest BCUT2D eigenvalue weighted by Gasteiger charge is 2.07. The standard InChI is InChI=1S/C14H20O3/c1-3-5-6-7-12-8-10-13(11-9-12)14(15)17-16-4-2/h8-11H,3-7H2,1-2H3. The van der Waals surface area contributed by atoms with Gasteiger partial charge in [-0.1, -0.05) is 31.9 Å². The highest BCUT2D eigenvalue weighted by atomic mass is 17.2. The van der Waals surface area contributed by atoms with Crippen LogP contribution in [0.25, 0.3) is 0 Å². The van der Waals surface area contributed by atoms with Gasteiger partial charge in [0.25, 0.3) is 0 Å². The second kappa shape index (κ2) is 7.85. The summed E-state index contributed by atoms with van der Waals surface area (Å²) < 4.78 is 0. The van der Waals surface area contributed by atoms with Crippen molar-refractivity contribution >= 4 is 5.97 Å². The van der Waals surface area contributed by atoms with Crippen molar-refractivity contribution in [3.63, 3.8) is 0 Å². The van der Waals surface area contributed by atoms with Crippen LogP contribution in [0, 0.1) is 0 Å². The molecule has 0 spiro atoms. The summed E-state index contributed by atoms with van der Waals surface area (Å²) in [5, 5.41) is 0. The van der Waals surface area contributed by atoms with Crippen LogP contribution < -0.4 is 0 Å². The monoisotopic (exact) mass is 236 g/mol. The lowest BCUT2D eigenvalue weighted by atomic mass is 10.1. The predicted molar refractivity (Wildman–Crippen MR) is 66.7 cm³/mol. The fraction of sp³-hybridized carbons (Fsp3) is 0.500. The summed E-state index contributed by atoms with van der Waals surface area (Å²) in [4.78, 5) is 20.6. The van der Waals surface area contributed by atoms with E-state index in [1.165, 1.54) is 24.8 Å². The molecule has 0 amide bonds. The van der Waals surface area contributed by atoms with Crippen molar-refractivity contribution < 1.29 is 14.6 Å². The first kappa shape index (κ1) is 13.7. The summed E-state index contributed by atoms with van der Waals surface area (Å²) >= 11 is 0. The Hall–Kier alpha value is -1.35. The van der Waals surface area contributed by atoms with Crippen molar-refractivity contribution in [2.75, 3.05) is 6.61 Å². The van der Waals surface area contributed by atoms with E-state index in [1.54, 1.807) is 19.1 Å². The molecule has 94 valence electrons. The summed E-state index contributed by atoms with van der Waals surface area (Å²) in [5.41, 5.74) is 1.78. The van der Waals surface area contributed by atoms with E-state index in [2.05, 4.69) is 16.7 Å². The Morgan fingerprint density at radius 1 is 1.12 bits per heavy atom. The minimum atomic E-state index is -0.438. The molecule has 1 aromatic carbocycles. The Balaban J connectivity index is 2.46. The number of hydrogen-bond acceptors (Lipinski definition) is 3. The van der Waals surface area contributed by atoms with E-state index >= 15 is 0 Å². The fourth-order valence-electron chi connectivity index (χ4n) is 1.55. The summed E-state index contributed by atoms with van der Waals surface area (Å²) in [6.45, 7) is 4.32. The van der Waals surface area contributed by atoms with E-state index in [1.807, 2.05) is 12.1 Å². The van der Waals surface area contributed by atoms with Crippen molar-refractivity contribution in [2.24, 2.45) is 0 Å². The molecule has 0 aromatic heterocycles. The summed E-state index contributed by atoms with van der Waals surface area (Å²) in [7, 11) is 0. The first-order valence-electron chi connectivity index (χ1n) is 6.20. The Bertz CT molecular complexity index is 330. The molecule has 0 aliphatic heterocycles. The molecule has 17 heavy (non-hydrogen) atoms. The quantitative estimate of drug-likeness (QED) is 0.413. The summed E-state index contributed by atoms with van der Waals surface area (Å²) in [6.07, 6.45) is 4.72. The molecule has 0 fully saturated rings. The van der Waals surface area contributed by atoms with Gasteiger partial charge in [-0.3, -0.25) is 4.89 Å². The molecule has 0 bridgehead atoms. The van der Waals surface area contributed by atoms with Gasteiger partial charge < -0.3 is 0 Å². The molecule has 0 aliphatic carbocycles. The van der Waals surface area contributed by atoms with Gasteiger partial charge in [-0.25, -0.2) is 4.79 Å². The fourth-order valence-corrected chi connectivity index (χ4v) is 1.55. The van der Waals surface area contributed by atoms with Crippen LogP contribution in [-0.4, -0.2) is 12.6 Å². The number of unbranched alkanes of at least 4 members (excludes halogenated alkanes) is 2. The molecule has 3 heteroatoms. The zero-order valence-corrected chi connectivity index (χ0v) is 10.6. The van der Waals surface area contributed by atoms with Crippen LogP contribution in [0.5, 0.6) is 0 Å². The third kappa shape index (κ3) is 5.00. The van der Waals surface area contributed by atoms with Gasteiger partial charge in [-0.15, -0.1) is 0 Å². The molecule has 0 atom stereocenters. The molecule has 0 saturated carbocycles. The SMILES string of the molecule is CCCCCc1ccc(C(=O)OOCC)cc1. The summed E-state index contributed by atoms with van der Waals surface area (Å²) in [5.74, 6) is -0.438. The summed E-state index contributed by atoms with van der Waals surface area (Å²) in [6, 6.07) is 7.50. The van der Waals surface area contributed by atoms with Gasteiger partial charge in [0.15, 0.2) is 0 Å². The Morgan fingerprint density at radius 3 is 2.41 bits per heavy atom. The lowest BCUT2D eigenvalue weighted by Crippen LogP contribution is -2.05. The van der Waals surface area contributed by atoms with Crippen LogP contribution in [0.15, 0.2) is 24.3 Å². The van der Waals surface area contributed by atoms with Crippen molar-refractivity contribution in [2.45, 2.75) is 39.5 Å². The molecule has 0 unspecified atom stereocenters. The van der Waals surface area contributed by atoms with E-state index < -0.39 is 5.97 Å². The number of rotatable bonds is 7. The lowest BCUT2D eigenvalue weighted by molar-refractivity contribution is -0.236. The smallest absolute Gasteiger partial charge is 0.293 e. The molecule has 0 N–H and O–H groups in total. The van der Waals surface area contributed by atoms with Gasteiger partial charge in [-0.2, -0.15) is 4.89 Å². The first-order chi connectivity index (χ1) is 8.27. The van der Waals surface area contributed by atoms with Crippen LogP contribution >= 0.6 is 0 Å². The van der Waals surface area contributed by atoms with Gasteiger partial charge >= 0.3 is 5.97 Å². The minimum Gasteiger partial charge on any atom is -0.293 e. The van der Waals surface area contributed by atoms with Crippen molar-refractivity contribution in [1.82, 2.24) is 0 Å². The zero-order valence-electron chi connectivity index (χ0n) is 10.6. The van der Waals surface area contributed by atoms with Gasteiger partial charge in [0.2, 0.25) is 0 Å². The van der Waals surface area contributed by atoms with Crippen molar-refractivity contribution in [1.29, 1.82) is 0 Å². The molecule has 1 rings (SSSR count). The Labute approximate surface area is 103 Å². The average Bonchev–Trinajstić information content (AvgIpc) is 2.37. The van der Waals surface area contributed by atoms with Crippen LogP contribution in [0.2, 0.25) is 0 Å². The second-order valence-electron chi connectivity index (χ2n) is 3.93. The van der Waals surface area contributed by atoms with Gasteiger partial charge in [0, 0.05) is 0 Å². The van der Waals surface area contributed by atoms with Crippen LogP contribution in [0.1, 0.15) is 49.0 Å². The van der Waals surface area contributed by atoms with E-state index in [4.69, 9.17) is 0 Å². The van der Waals surface area contributed by atoms with E-state index in [0.29, 0.717) is 12.2 Å². The van der Waals surface area contributed by atoms with E-state index in [0.717, 1.165) is 6.42 Å². The molecule has 0 aliphatic rings. The molecule has 3 nitrogen and oxygen atoms in total. The van der Waals surface area contributed by atoms with Crippen LogP contribution in [0.3, 0.4) is 0 Å². The highest BCUT2D eigenvalue weighted by Crippen LogP contribution is 2.09. The molecule has 0 radical (unpaired) electrons. The number of hydrogen-bond donors (Lipinski definition) is 0. The molecule has 0 heterocycles. The van der Waals surface area contributed by atoms with E-state index in [-0.39, 0.29) is 0 Å². The predicted octanol–water partition coefficient (Wildman–Crippen LogP) is 3.53. The third-order valence-electron chi connectivity index (χ3n) is 2.51. The molecular weight excluding hydrogens is 216 g/mol. The Morgan fingerprint density at radius 2 is 1.82 bits per heavy atom. The van der Waals surface area contributed by atoms with Gasteiger partial charge in [0.1, 0.15) is 0 Å². The van der Waals surface area contributed by atoms with Crippen LogP contribution in [-0.2, 0) is 16.2 Å². The average molecular weight is 236 g/mol. The van der Waals surface area contributed by atoms with Crippen molar-refractivity contribution in [3.05, 3.63) is 35.4 Å². The lowest BCUT2D eigenvalue weighted by Gasteiger charge is -2.03. The molecule has 0 saturated heterocycles. The second-order valence-corrected chi connectivity index (χ2v) is 3.93. The molecule has 1 aromatic rings. The number of carbonyl (C=O) groups excluding carboxylic acids is 1. The zero-order chi connectivity index (χ0) is 12.5. The topological polar surface area (TPSA) is 35.5 Å². The Kier molecular flexibility index (Phi) is 6.33. The first-order valence-corrected chi connectivity index (χ1v) is 6.20. The number of benzene rings is 1.